The standard InChI is InChI=1S/C16H22N6O5/c1-4-5-26-12-11(24)9(6-23)27-15(12)22-8-17-10-13(22)19-16(20-14(10)25)18-7-21(2)3/h4,7-9,11-12,15,23-24H,1,5-6H2,2-3H3,(H,19,20,25)/t9-,11-,12-,15-/m1/s1. The molecule has 4 atom stereocenters. The predicted octanol–water partition coefficient (Wildman–Crippen LogP) is -0.837. The molecule has 0 spiro atoms. The van der Waals surface area contributed by atoms with E-state index < -0.39 is 30.1 Å². The van der Waals surface area contributed by atoms with E-state index in [2.05, 4.69) is 26.5 Å². The summed E-state index contributed by atoms with van der Waals surface area (Å²) in [6, 6.07) is 0. The van der Waals surface area contributed by atoms with Gasteiger partial charge in [-0.25, -0.2) is 9.98 Å². The normalized spacial score (nSPS) is 25.5. The number of H-pyrrole nitrogens is 1. The van der Waals surface area contributed by atoms with Crippen molar-refractivity contribution >= 4 is 23.5 Å². The minimum atomic E-state index is -1.06. The molecule has 3 rings (SSSR count). The number of aliphatic imine (C=N–C) groups is 1. The molecule has 0 aromatic carbocycles. The Labute approximate surface area is 154 Å². The van der Waals surface area contributed by atoms with Crippen molar-refractivity contribution in [1.29, 1.82) is 0 Å². The summed E-state index contributed by atoms with van der Waals surface area (Å²) in [6.45, 7) is 3.38. The highest BCUT2D eigenvalue weighted by Gasteiger charge is 2.45. The Balaban J connectivity index is 2.04. The van der Waals surface area contributed by atoms with Crippen molar-refractivity contribution < 1.29 is 19.7 Å². The van der Waals surface area contributed by atoms with Gasteiger partial charge in [0.2, 0.25) is 5.95 Å². The van der Waals surface area contributed by atoms with Gasteiger partial charge >= 0.3 is 0 Å². The number of aromatic nitrogens is 4. The molecule has 3 heterocycles. The number of imidazole rings is 1. The van der Waals surface area contributed by atoms with Crippen LogP contribution in [0.15, 0.2) is 28.8 Å². The minimum absolute atomic E-state index is 0.101. The third-order valence-electron chi connectivity index (χ3n) is 4.00. The molecule has 0 amide bonds. The summed E-state index contributed by atoms with van der Waals surface area (Å²) in [5.41, 5.74) is -0.120. The van der Waals surface area contributed by atoms with E-state index in [9.17, 15) is 15.0 Å². The number of nitrogens with zero attached hydrogens (tertiary/aromatic N) is 5. The van der Waals surface area contributed by atoms with E-state index in [1.54, 1.807) is 25.1 Å². The Morgan fingerprint density at radius 1 is 1.56 bits per heavy atom. The lowest BCUT2D eigenvalue weighted by molar-refractivity contribution is -0.0645. The van der Waals surface area contributed by atoms with Crippen LogP contribution in [0.4, 0.5) is 5.95 Å². The lowest BCUT2D eigenvalue weighted by Crippen LogP contribution is -2.35. The number of hydrogen-bond donors (Lipinski definition) is 3. The zero-order valence-corrected chi connectivity index (χ0v) is 15.0. The van der Waals surface area contributed by atoms with Crippen LogP contribution >= 0.6 is 0 Å². The van der Waals surface area contributed by atoms with Crippen LogP contribution in [0.1, 0.15) is 6.23 Å². The number of aromatic amines is 1. The molecule has 0 bridgehead atoms. The second-order valence-electron chi connectivity index (χ2n) is 6.25. The molecule has 2 aromatic rings. The average Bonchev–Trinajstić information content (AvgIpc) is 3.19. The van der Waals surface area contributed by atoms with Crippen LogP contribution in [0.5, 0.6) is 0 Å². The molecule has 11 nitrogen and oxygen atoms in total. The molecule has 0 unspecified atom stereocenters. The van der Waals surface area contributed by atoms with Crippen molar-refractivity contribution in [3.8, 4) is 0 Å². The average molecular weight is 378 g/mol. The molecule has 1 aliphatic heterocycles. The Morgan fingerprint density at radius 3 is 3.00 bits per heavy atom. The summed E-state index contributed by atoms with van der Waals surface area (Å²) >= 11 is 0. The van der Waals surface area contributed by atoms with E-state index in [1.807, 2.05) is 0 Å². The quantitative estimate of drug-likeness (QED) is 0.322. The lowest BCUT2D eigenvalue weighted by atomic mass is 10.1. The maximum atomic E-state index is 12.3. The van der Waals surface area contributed by atoms with Gasteiger partial charge in [0.05, 0.1) is 25.9 Å². The van der Waals surface area contributed by atoms with Crippen molar-refractivity contribution in [3.63, 3.8) is 0 Å². The molecule has 0 radical (unpaired) electrons. The minimum Gasteiger partial charge on any atom is -0.394 e. The smallest absolute Gasteiger partial charge is 0.280 e. The number of ether oxygens (including phenoxy) is 2. The Morgan fingerprint density at radius 2 is 2.33 bits per heavy atom. The highest BCUT2D eigenvalue weighted by molar-refractivity contribution is 5.71. The summed E-state index contributed by atoms with van der Waals surface area (Å²) in [7, 11) is 3.57. The zero-order valence-electron chi connectivity index (χ0n) is 15.0. The molecule has 0 saturated carbocycles. The zero-order chi connectivity index (χ0) is 19.6. The van der Waals surface area contributed by atoms with Crippen LogP contribution in [0.25, 0.3) is 11.2 Å². The first-order chi connectivity index (χ1) is 13.0. The molecule has 0 aliphatic carbocycles. The second-order valence-corrected chi connectivity index (χ2v) is 6.25. The van der Waals surface area contributed by atoms with Crippen LogP contribution in [-0.2, 0) is 9.47 Å². The van der Waals surface area contributed by atoms with E-state index in [0.717, 1.165) is 0 Å². The van der Waals surface area contributed by atoms with E-state index >= 15 is 0 Å². The Kier molecular flexibility index (Phi) is 5.65. The van der Waals surface area contributed by atoms with E-state index in [-0.39, 0.29) is 30.3 Å². The Bertz CT molecular complexity index is 891. The summed E-state index contributed by atoms with van der Waals surface area (Å²) in [5, 5.41) is 19.8. The third kappa shape index (κ3) is 3.76. The topological polar surface area (TPSA) is 138 Å². The predicted molar refractivity (Wildman–Crippen MR) is 96.9 cm³/mol. The van der Waals surface area contributed by atoms with Gasteiger partial charge in [-0.05, 0) is 0 Å². The third-order valence-corrected chi connectivity index (χ3v) is 4.00. The van der Waals surface area contributed by atoms with E-state index in [4.69, 9.17) is 9.47 Å². The van der Waals surface area contributed by atoms with Gasteiger partial charge in [0.25, 0.3) is 5.56 Å². The largest absolute Gasteiger partial charge is 0.394 e. The highest BCUT2D eigenvalue weighted by atomic mass is 16.6. The van der Waals surface area contributed by atoms with Gasteiger partial charge in [-0.3, -0.25) is 14.3 Å². The van der Waals surface area contributed by atoms with E-state index in [1.165, 1.54) is 17.2 Å². The second kappa shape index (κ2) is 7.96. The number of nitrogens with one attached hydrogen (secondary N) is 1. The molecule has 1 saturated heterocycles. The molecular formula is C16H22N6O5. The van der Waals surface area contributed by atoms with Gasteiger partial charge in [-0.1, -0.05) is 6.08 Å². The highest BCUT2D eigenvalue weighted by Crippen LogP contribution is 2.33. The SMILES string of the molecule is C=CCO[C@@H]1[C@H](O)[C@@H](CO)O[C@H]1n1cnc2c(=O)[nH]c(N=CN(C)C)nc21. The summed E-state index contributed by atoms with van der Waals surface area (Å²) in [5.74, 6) is 0.101. The molecule has 1 aliphatic rings. The molecule has 11 heteroatoms. The summed E-state index contributed by atoms with van der Waals surface area (Å²) in [4.78, 5) is 29.0. The summed E-state index contributed by atoms with van der Waals surface area (Å²) in [6.07, 6.45) is 0.890. The number of aliphatic hydroxyl groups is 2. The van der Waals surface area contributed by atoms with Gasteiger partial charge in [0.15, 0.2) is 17.4 Å². The number of aliphatic hydroxyl groups excluding tert-OH is 2. The van der Waals surface area contributed by atoms with Crippen LogP contribution in [0.2, 0.25) is 0 Å². The molecule has 27 heavy (non-hydrogen) atoms. The first-order valence-corrected chi connectivity index (χ1v) is 8.30. The maximum Gasteiger partial charge on any atom is 0.280 e. The van der Waals surface area contributed by atoms with Crippen molar-refractivity contribution in [2.24, 2.45) is 4.99 Å². The van der Waals surface area contributed by atoms with Crippen LogP contribution in [0.3, 0.4) is 0 Å². The van der Waals surface area contributed by atoms with Gasteiger partial charge in [0.1, 0.15) is 18.3 Å². The molecule has 1 fully saturated rings. The molecular weight excluding hydrogens is 356 g/mol. The summed E-state index contributed by atoms with van der Waals surface area (Å²) < 4.78 is 12.8. The first kappa shape index (κ1) is 19.2. The van der Waals surface area contributed by atoms with Gasteiger partial charge in [-0.2, -0.15) is 4.98 Å². The monoisotopic (exact) mass is 378 g/mol. The van der Waals surface area contributed by atoms with Crippen LogP contribution in [0, 0.1) is 0 Å². The molecule has 3 N–H and O–H groups in total. The number of hydrogen-bond acceptors (Lipinski definition) is 8. The molecule has 146 valence electrons. The van der Waals surface area contributed by atoms with Gasteiger partial charge in [0, 0.05) is 14.1 Å². The van der Waals surface area contributed by atoms with Crippen molar-refractivity contribution in [3.05, 3.63) is 29.3 Å². The Hall–Kier alpha value is -2.60. The number of rotatable bonds is 7. The van der Waals surface area contributed by atoms with Crippen molar-refractivity contribution in [1.82, 2.24) is 24.4 Å². The van der Waals surface area contributed by atoms with Crippen LogP contribution < -0.4 is 5.56 Å². The van der Waals surface area contributed by atoms with Crippen molar-refractivity contribution in [2.75, 3.05) is 27.3 Å². The van der Waals surface area contributed by atoms with Gasteiger partial charge < -0.3 is 24.6 Å². The van der Waals surface area contributed by atoms with Gasteiger partial charge in [-0.15, -0.1) is 6.58 Å². The van der Waals surface area contributed by atoms with E-state index in [0.29, 0.717) is 0 Å². The maximum absolute atomic E-state index is 12.3. The van der Waals surface area contributed by atoms with Crippen LogP contribution in [-0.4, -0.2) is 86.6 Å². The fraction of sp³-hybridized carbons (Fsp3) is 0.500. The van der Waals surface area contributed by atoms with Crippen molar-refractivity contribution in [2.45, 2.75) is 24.5 Å². The fourth-order valence-electron chi connectivity index (χ4n) is 2.78. The number of fused-ring (bicyclic) bond motifs is 1. The molecule has 2 aromatic heterocycles. The first-order valence-electron chi connectivity index (χ1n) is 8.30. The fourth-order valence-corrected chi connectivity index (χ4v) is 2.78. The lowest BCUT2D eigenvalue weighted by Gasteiger charge is -2.21.